The van der Waals surface area contributed by atoms with Crippen molar-refractivity contribution in [2.75, 3.05) is 6.61 Å². The second kappa shape index (κ2) is 7.53. The minimum atomic E-state index is -0.0950. The normalized spacial score (nSPS) is 11.2. The molecule has 3 nitrogen and oxygen atoms in total. The first-order valence-corrected chi connectivity index (χ1v) is 7.47. The Morgan fingerprint density at radius 3 is 2.30 bits per heavy atom. The minimum absolute atomic E-state index is 0.0950. The van der Waals surface area contributed by atoms with E-state index in [2.05, 4.69) is 33.0 Å². The molecule has 20 heavy (non-hydrogen) atoms. The van der Waals surface area contributed by atoms with Crippen molar-refractivity contribution in [2.24, 2.45) is 11.8 Å². The van der Waals surface area contributed by atoms with Gasteiger partial charge in [0.1, 0.15) is 5.75 Å². The number of hydrogen-bond acceptors (Lipinski definition) is 2. The first-order chi connectivity index (χ1) is 9.36. The van der Waals surface area contributed by atoms with Crippen LogP contribution in [0.15, 0.2) is 18.2 Å². The molecule has 0 aliphatic heterocycles. The molecule has 0 unspecified atom stereocenters. The van der Waals surface area contributed by atoms with Crippen LogP contribution < -0.4 is 10.1 Å². The molecule has 0 aromatic heterocycles. The number of ether oxygens (including phenoxy) is 1. The quantitative estimate of drug-likeness (QED) is 0.856. The Kier molecular flexibility index (Phi) is 6.34. The number of rotatable bonds is 6. The highest BCUT2D eigenvalue weighted by Crippen LogP contribution is 2.25. The van der Waals surface area contributed by atoms with Crippen LogP contribution in [0, 0.1) is 11.8 Å². The molecule has 0 fully saturated rings. The Labute approximate surface area is 126 Å². The van der Waals surface area contributed by atoms with E-state index in [9.17, 15) is 4.79 Å². The van der Waals surface area contributed by atoms with Crippen LogP contribution in [0.3, 0.4) is 0 Å². The molecule has 112 valence electrons. The highest BCUT2D eigenvalue weighted by Gasteiger charge is 2.20. The number of benzene rings is 1. The fraction of sp³-hybridized carbons (Fsp3) is 0.562. The zero-order valence-electron chi connectivity index (χ0n) is 12.9. The number of nitrogens with one attached hydrogen (secondary N) is 1. The minimum Gasteiger partial charge on any atom is -0.492 e. The third-order valence-corrected chi connectivity index (χ3v) is 3.52. The number of carbonyl (C=O) groups is 1. The van der Waals surface area contributed by atoms with E-state index < -0.39 is 0 Å². The number of hydrogen-bond donors (Lipinski definition) is 1. The zero-order valence-corrected chi connectivity index (χ0v) is 13.6. The van der Waals surface area contributed by atoms with Gasteiger partial charge in [-0.3, -0.25) is 4.79 Å². The molecular formula is C16H24ClNO2. The molecule has 1 N–H and O–H groups in total. The van der Waals surface area contributed by atoms with Crippen LogP contribution in [-0.2, 0) is 0 Å². The van der Waals surface area contributed by atoms with Gasteiger partial charge in [-0.2, -0.15) is 0 Å². The van der Waals surface area contributed by atoms with Crippen LogP contribution in [-0.4, -0.2) is 18.6 Å². The summed E-state index contributed by atoms with van der Waals surface area (Å²) < 4.78 is 5.37. The summed E-state index contributed by atoms with van der Waals surface area (Å²) in [5.41, 5.74) is 0.560. The van der Waals surface area contributed by atoms with Crippen LogP contribution in [0.5, 0.6) is 5.75 Å². The van der Waals surface area contributed by atoms with Gasteiger partial charge >= 0.3 is 0 Å². The van der Waals surface area contributed by atoms with Gasteiger partial charge in [-0.15, -0.1) is 0 Å². The molecule has 1 amide bonds. The number of halogens is 1. The van der Waals surface area contributed by atoms with Crippen LogP contribution >= 0.6 is 11.6 Å². The van der Waals surface area contributed by atoms with Crippen molar-refractivity contribution < 1.29 is 9.53 Å². The molecule has 1 aromatic carbocycles. The standard InChI is InChI=1S/C16H24ClNO2/c1-6-20-14-8-7-12(9-13(14)17)16(19)18-15(10(2)3)11(4)5/h7-11,15H,6H2,1-5H3,(H,18,19). The molecule has 0 saturated carbocycles. The van der Waals surface area contributed by atoms with Crippen molar-refractivity contribution in [3.63, 3.8) is 0 Å². The van der Waals surface area contributed by atoms with Gasteiger partial charge in [-0.1, -0.05) is 39.3 Å². The van der Waals surface area contributed by atoms with Crippen molar-refractivity contribution in [3.05, 3.63) is 28.8 Å². The van der Waals surface area contributed by atoms with E-state index in [1.165, 1.54) is 0 Å². The molecule has 4 heteroatoms. The Bertz CT molecular complexity index is 450. The summed E-state index contributed by atoms with van der Waals surface area (Å²) in [6.45, 7) is 10.9. The Hall–Kier alpha value is -1.22. The average molecular weight is 298 g/mol. The van der Waals surface area contributed by atoms with Gasteiger partial charge in [-0.05, 0) is 37.0 Å². The van der Waals surface area contributed by atoms with Crippen molar-refractivity contribution in [1.82, 2.24) is 5.32 Å². The first-order valence-electron chi connectivity index (χ1n) is 7.10. The molecule has 0 spiro atoms. The first kappa shape index (κ1) is 16.8. The largest absolute Gasteiger partial charge is 0.492 e. The molecule has 0 radical (unpaired) electrons. The van der Waals surface area contributed by atoms with Crippen molar-refractivity contribution in [1.29, 1.82) is 0 Å². The van der Waals surface area contributed by atoms with E-state index in [0.29, 0.717) is 34.8 Å². The maximum absolute atomic E-state index is 12.3. The van der Waals surface area contributed by atoms with Gasteiger partial charge in [0.05, 0.1) is 11.6 Å². The summed E-state index contributed by atoms with van der Waals surface area (Å²) in [7, 11) is 0. The summed E-state index contributed by atoms with van der Waals surface area (Å²) in [6.07, 6.45) is 0. The maximum Gasteiger partial charge on any atom is 0.251 e. The number of carbonyl (C=O) groups excluding carboxylic acids is 1. The predicted molar refractivity (Wildman–Crippen MR) is 83.6 cm³/mol. The molecule has 1 aromatic rings. The third-order valence-electron chi connectivity index (χ3n) is 3.23. The van der Waals surface area contributed by atoms with E-state index in [-0.39, 0.29) is 11.9 Å². The van der Waals surface area contributed by atoms with Crippen LogP contribution in [0.4, 0.5) is 0 Å². The van der Waals surface area contributed by atoms with Gasteiger partial charge in [0, 0.05) is 11.6 Å². The van der Waals surface area contributed by atoms with Gasteiger partial charge < -0.3 is 10.1 Å². The Morgan fingerprint density at radius 2 is 1.85 bits per heavy atom. The second-order valence-electron chi connectivity index (χ2n) is 5.57. The predicted octanol–water partition coefficient (Wildman–Crippen LogP) is 4.15. The lowest BCUT2D eigenvalue weighted by molar-refractivity contribution is 0.0910. The van der Waals surface area contributed by atoms with E-state index in [1.807, 2.05) is 6.92 Å². The van der Waals surface area contributed by atoms with Gasteiger partial charge in [0.25, 0.3) is 5.91 Å². The third kappa shape index (κ3) is 4.41. The molecule has 0 aliphatic rings. The summed E-state index contributed by atoms with van der Waals surface area (Å²) >= 11 is 6.11. The van der Waals surface area contributed by atoms with Crippen LogP contribution in [0.1, 0.15) is 45.0 Å². The lowest BCUT2D eigenvalue weighted by atomic mass is 9.93. The van der Waals surface area contributed by atoms with E-state index in [1.54, 1.807) is 18.2 Å². The van der Waals surface area contributed by atoms with Gasteiger partial charge in [0.2, 0.25) is 0 Å². The number of amides is 1. The molecular weight excluding hydrogens is 274 g/mol. The SMILES string of the molecule is CCOc1ccc(C(=O)NC(C(C)C)C(C)C)cc1Cl. The topological polar surface area (TPSA) is 38.3 Å². The Balaban J connectivity index is 2.84. The van der Waals surface area contributed by atoms with Gasteiger partial charge in [-0.25, -0.2) is 0 Å². The highest BCUT2D eigenvalue weighted by molar-refractivity contribution is 6.32. The van der Waals surface area contributed by atoms with E-state index in [4.69, 9.17) is 16.3 Å². The fourth-order valence-corrected chi connectivity index (χ4v) is 2.49. The molecule has 0 bridgehead atoms. The van der Waals surface area contributed by atoms with E-state index in [0.717, 1.165) is 0 Å². The highest BCUT2D eigenvalue weighted by atomic mass is 35.5. The van der Waals surface area contributed by atoms with Crippen LogP contribution in [0.25, 0.3) is 0 Å². The lowest BCUT2D eigenvalue weighted by Crippen LogP contribution is -2.42. The average Bonchev–Trinajstić information content (AvgIpc) is 2.37. The van der Waals surface area contributed by atoms with Crippen molar-refractivity contribution in [3.8, 4) is 5.75 Å². The zero-order chi connectivity index (χ0) is 15.3. The molecule has 0 saturated heterocycles. The van der Waals surface area contributed by atoms with Crippen molar-refractivity contribution >= 4 is 17.5 Å². The smallest absolute Gasteiger partial charge is 0.251 e. The molecule has 0 aliphatic carbocycles. The summed E-state index contributed by atoms with van der Waals surface area (Å²) in [4.78, 5) is 12.3. The lowest BCUT2D eigenvalue weighted by Gasteiger charge is -2.26. The maximum atomic E-state index is 12.3. The fourth-order valence-electron chi connectivity index (χ4n) is 2.25. The summed E-state index contributed by atoms with van der Waals surface area (Å²) in [5.74, 6) is 1.28. The molecule has 0 atom stereocenters. The van der Waals surface area contributed by atoms with Gasteiger partial charge in [0.15, 0.2) is 0 Å². The molecule has 1 rings (SSSR count). The Morgan fingerprint density at radius 1 is 1.25 bits per heavy atom. The van der Waals surface area contributed by atoms with E-state index >= 15 is 0 Å². The molecule has 0 heterocycles. The monoisotopic (exact) mass is 297 g/mol. The summed E-state index contributed by atoms with van der Waals surface area (Å²) in [5, 5.41) is 3.54. The van der Waals surface area contributed by atoms with Crippen molar-refractivity contribution in [2.45, 2.75) is 40.7 Å². The second-order valence-corrected chi connectivity index (χ2v) is 5.97. The summed E-state index contributed by atoms with van der Waals surface area (Å²) in [6, 6.07) is 5.28. The van der Waals surface area contributed by atoms with Crippen LogP contribution in [0.2, 0.25) is 5.02 Å².